The fourth-order valence-electron chi connectivity index (χ4n) is 3.15. The van der Waals surface area contributed by atoms with Crippen molar-refractivity contribution in [2.45, 2.75) is 31.1 Å². The van der Waals surface area contributed by atoms with E-state index in [1.807, 2.05) is 0 Å². The summed E-state index contributed by atoms with van der Waals surface area (Å²) in [5, 5.41) is 9.93. The maximum Gasteiger partial charge on any atom is 0.416 e. The Morgan fingerprint density at radius 3 is 2.00 bits per heavy atom. The summed E-state index contributed by atoms with van der Waals surface area (Å²) in [6.07, 6.45) is -10.4. The molecule has 0 fully saturated rings. The Bertz CT molecular complexity index is 930. The lowest BCUT2D eigenvalue weighted by Crippen LogP contribution is -2.32. The highest BCUT2D eigenvalue weighted by molar-refractivity contribution is 6.42. The molecule has 0 saturated heterocycles. The number of rotatable bonds is 7. The smallest absolute Gasteiger partial charge is 0.396 e. The minimum absolute atomic E-state index is 0.0131. The number of carbonyl (C=O) groups is 1. The van der Waals surface area contributed by atoms with Crippen molar-refractivity contribution < 1.29 is 36.2 Å². The summed E-state index contributed by atoms with van der Waals surface area (Å²) in [5.74, 6) is -1.06. The van der Waals surface area contributed by atoms with Gasteiger partial charge in [0.1, 0.15) is 0 Å². The summed E-state index contributed by atoms with van der Waals surface area (Å²) in [5.41, 5.74) is -2.69. The standard InChI is InChI=1S/C21H19Cl2F6NO2/c1-30(11-14(4-5-31)13-2-3-17(22)18(23)9-13)19(32)8-12-6-15(20(24,25)26)10-16(7-12)21(27,28)29/h2-3,6-7,9-10,14,31H,4-5,8,11H2,1H3/t14-/m1/s1. The lowest BCUT2D eigenvalue weighted by molar-refractivity contribution is -0.143. The molecular formula is C21H19Cl2F6NO2. The van der Waals surface area contributed by atoms with Crippen molar-refractivity contribution in [1.29, 1.82) is 0 Å². The van der Waals surface area contributed by atoms with Gasteiger partial charge in [-0.25, -0.2) is 0 Å². The third-order valence-corrected chi connectivity index (χ3v) is 5.55. The molecule has 0 bridgehead atoms. The Balaban J connectivity index is 2.24. The Labute approximate surface area is 190 Å². The molecule has 2 aromatic carbocycles. The number of nitrogens with zero attached hydrogens (tertiary/aromatic N) is 1. The van der Waals surface area contributed by atoms with Gasteiger partial charge in [-0.2, -0.15) is 26.3 Å². The molecule has 0 aromatic heterocycles. The lowest BCUT2D eigenvalue weighted by atomic mass is 9.95. The molecule has 32 heavy (non-hydrogen) atoms. The van der Waals surface area contributed by atoms with Crippen molar-refractivity contribution in [2.75, 3.05) is 20.2 Å². The van der Waals surface area contributed by atoms with Crippen LogP contribution in [-0.4, -0.2) is 36.1 Å². The number of alkyl halides is 6. The number of aliphatic hydroxyl groups excluding tert-OH is 1. The molecule has 0 saturated carbocycles. The van der Waals surface area contributed by atoms with Crippen molar-refractivity contribution in [3.8, 4) is 0 Å². The van der Waals surface area contributed by atoms with Crippen LogP contribution in [0.3, 0.4) is 0 Å². The second-order valence-electron chi connectivity index (χ2n) is 7.25. The van der Waals surface area contributed by atoms with Gasteiger partial charge in [0.15, 0.2) is 0 Å². The van der Waals surface area contributed by atoms with Crippen LogP contribution >= 0.6 is 23.2 Å². The second kappa shape index (κ2) is 10.3. The highest BCUT2D eigenvalue weighted by Gasteiger charge is 2.37. The summed E-state index contributed by atoms with van der Waals surface area (Å²) >= 11 is 11.9. The molecule has 1 amide bonds. The van der Waals surface area contributed by atoms with E-state index < -0.39 is 41.4 Å². The Morgan fingerprint density at radius 2 is 1.53 bits per heavy atom. The molecule has 176 valence electrons. The normalized spacial score (nSPS) is 13.2. The van der Waals surface area contributed by atoms with E-state index in [4.69, 9.17) is 23.2 Å². The quantitative estimate of drug-likeness (QED) is 0.459. The summed E-state index contributed by atoms with van der Waals surface area (Å²) in [6, 6.07) is 5.86. The Hall–Kier alpha value is -1.97. The second-order valence-corrected chi connectivity index (χ2v) is 8.06. The molecule has 2 aromatic rings. The number of halogens is 8. The predicted octanol–water partition coefficient (Wildman–Crippen LogP) is 6.20. The fourth-order valence-corrected chi connectivity index (χ4v) is 3.46. The van der Waals surface area contributed by atoms with E-state index in [9.17, 15) is 36.2 Å². The molecule has 0 spiro atoms. The monoisotopic (exact) mass is 501 g/mol. The maximum absolute atomic E-state index is 13.0. The van der Waals surface area contributed by atoms with Crippen molar-refractivity contribution in [3.63, 3.8) is 0 Å². The molecule has 1 N–H and O–H groups in total. The van der Waals surface area contributed by atoms with E-state index in [0.29, 0.717) is 22.7 Å². The van der Waals surface area contributed by atoms with Crippen molar-refractivity contribution >= 4 is 29.1 Å². The molecule has 1 atom stereocenters. The maximum atomic E-state index is 13.0. The zero-order valence-corrected chi connectivity index (χ0v) is 18.2. The highest BCUT2D eigenvalue weighted by Crippen LogP contribution is 2.36. The molecule has 0 aliphatic rings. The number of hydrogen-bond acceptors (Lipinski definition) is 2. The third kappa shape index (κ3) is 7.02. The molecule has 0 aliphatic heterocycles. The topological polar surface area (TPSA) is 40.5 Å². The molecule has 3 nitrogen and oxygen atoms in total. The van der Waals surface area contributed by atoms with E-state index in [1.54, 1.807) is 18.2 Å². The highest BCUT2D eigenvalue weighted by atomic mass is 35.5. The van der Waals surface area contributed by atoms with Crippen molar-refractivity contribution in [1.82, 2.24) is 4.90 Å². The number of carbonyl (C=O) groups excluding carboxylic acids is 1. The van der Waals surface area contributed by atoms with Gasteiger partial charge in [-0.15, -0.1) is 0 Å². The van der Waals surface area contributed by atoms with Gasteiger partial charge in [0.25, 0.3) is 0 Å². The molecule has 0 heterocycles. The Kier molecular flexibility index (Phi) is 8.47. The van der Waals surface area contributed by atoms with Crippen LogP contribution < -0.4 is 0 Å². The molecule has 0 radical (unpaired) electrons. The summed E-state index contributed by atoms with van der Waals surface area (Å²) in [7, 11) is 1.38. The predicted molar refractivity (Wildman–Crippen MR) is 109 cm³/mol. The average Bonchev–Trinajstić information content (AvgIpc) is 2.68. The minimum Gasteiger partial charge on any atom is -0.396 e. The van der Waals surface area contributed by atoms with E-state index in [0.717, 1.165) is 0 Å². The minimum atomic E-state index is -5.00. The van der Waals surface area contributed by atoms with Crippen LogP contribution in [-0.2, 0) is 23.6 Å². The van der Waals surface area contributed by atoms with Gasteiger partial charge >= 0.3 is 12.4 Å². The van der Waals surface area contributed by atoms with Crippen LogP contribution in [0.5, 0.6) is 0 Å². The SMILES string of the molecule is CN(C[C@@H](CCO)c1ccc(Cl)c(Cl)c1)C(=O)Cc1cc(C(F)(F)F)cc(C(F)(F)F)c1. The zero-order valence-electron chi connectivity index (χ0n) is 16.7. The summed E-state index contributed by atoms with van der Waals surface area (Å²) < 4.78 is 78.2. The van der Waals surface area contributed by atoms with Crippen LogP contribution in [0, 0.1) is 0 Å². The van der Waals surface area contributed by atoms with Gasteiger partial charge < -0.3 is 10.0 Å². The first-order valence-electron chi connectivity index (χ1n) is 9.30. The van der Waals surface area contributed by atoms with Gasteiger partial charge in [0.05, 0.1) is 27.6 Å². The largest absolute Gasteiger partial charge is 0.416 e. The van der Waals surface area contributed by atoms with Gasteiger partial charge in [0.2, 0.25) is 5.91 Å². The number of hydrogen-bond donors (Lipinski definition) is 1. The van der Waals surface area contributed by atoms with Gasteiger partial charge in [-0.05, 0) is 47.9 Å². The van der Waals surface area contributed by atoms with E-state index >= 15 is 0 Å². The molecule has 0 aliphatic carbocycles. The number of likely N-dealkylation sites (N-methyl/N-ethyl adjacent to an activating group) is 1. The van der Waals surface area contributed by atoms with E-state index in [2.05, 4.69) is 0 Å². The van der Waals surface area contributed by atoms with E-state index in [1.165, 1.54) is 11.9 Å². The van der Waals surface area contributed by atoms with Crippen LogP contribution in [0.2, 0.25) is 10.0 Å². The number of amides is 1. The van der Waals surface area contributed by atoms with Crippen LogP contribution in [0.25, 0.3) is 0 Å². The Morgan fingerprint density at radius 1 is 0.969 bits per heavy atom. The fraction of sp³-hybridized carbons (Fsp3) is 0.381. The van der Waals surface area contributed by atoms with Gasteiger partial charge in [0, 0.05) is 26.1 Å². The number of benzene rings is 2. The first kappa shape index (κ1) is 26.3. The summed E-state index contributed by atoms with van der Waals surface area (Å²) in [6.45, 7) is -0.155. The van der Waals surface area contributed by atoms with Crippen LogP contribution in [0.1, 0.15) is 34.6 Å². The van der Waals surface area contributed by atoms with Crippen LogP contribution in [0.15, 0.2) is 36.4 Å². The molecule has 11 heteroatoms. The first-order valence-corrected chi connectivity index (χ1v) is 10.1. The van der Waals surface area contributed by atoms with Crippen LogP contribution in [0.4, 0.5) is 26.3 Å². The first-order chi connectivity index (χ1) is 14.7. The zero-order chi connectivity index (χ0) is 24.3. The summed E-state index contributed by atoms with van der Waals surface area (Å²) in [4.78, 5) is 13.8. The molecular weight excluding hydrogens is 483 g/mol. The van der Waals surface area contributed by atoms with Gasteiger partial charge in [-0.3, -0.25) is 4.79 Å². The third-order valence-electron chi connectivity index (χ3n) is 4.82. The average molecular weight is 502 g/mol. The van der Waals surface area contributed by atoms with Gasteiger partial charge in [-0.1, -0.05) is 29.3 Å². The lowest BCUT2D eigenvalue weighted by Gasteiger charge is -2.25. The molecule has 0 unspecified atom stereocenters. The van der Waals surface area contributed by atoms with Crippen molar-refractivity contribution in [3.05, 3.63) is 68.7 Å². The van der Waals surface area contributed by atoms with Crippen molar-refractivity contribution in [2.24, 2.45) is 0 Å². The van der Waals surface area contributed by atoms with E-state index in [-0.39, 0.29) is 36.6 Å². The number of aliphatic hydroxyl groups is 1. The molecule has 2 rings (SSSR count).